The van der Waals surface area contributed by atoms with Gasteiger partial charge in [-0.1, -0.05) is 6.07 Å². The lowest BCUT2D eigenvalue weighted by Crippen LogP contribution is -2.42. The van der Waals surface area contributed by atoms with Gasteiger partial charge in [-0.25, -0.2) is 14.4 Å². The fourth-order valence-corrected chi connectivity index (χ4v) is 4.25. The third kappa shape index (κ3) is 5.56. The van der Waals surface area contributed by atoms with E-state index in [1.807, 2.05) is 11.9 Å². The molecule has 0 radical (unpaired) electrons. The third-order valence-corrected chi connectivity index (χ3v) is 6.40. The molecular formula is C25H26F4N6O. The first-order valence-electron chi connectivity index (χ1n) is 11.3. The average molecular weight is 503 g/mol. The Morgan fingerprint density at radius 2 is 1.75 bits per heavy atom. The maximum absolute atomic E-state index is 14.7. The molecule has 0 saturated carbocycles. The highest BCUT2D eigenvalue weighted by atomic mass is 19.4. The van der Waals surface area contributed by atoms with Crippen LogP contribution in [0.1, 0.15) is 28.8 Å². The monoisotopic (exact) mass is 502 g/mol. The number of nitrogens with zero attached hydrogens (tertiary/aromatic N) is 4. The molecule has 3 N–H and O–H groups in total. The summed E-state index contributed by atoms with van der Waals surface area (Å²) < 4.78 is 55.1. The minimum absolute atomic E-state index is 0.0446. The molecule has 0 unspecified atom stereocenters. The van der Waals surface area contributed by atoms with Crippen molar-refractivity contribution in [2.24, 2.45) is 0 Å². The second-order valence-electron chi connectivity index (χ2n) is 8.85. The number of carbonyl (C=O) groups excluding carboxylic acids is 1. The van der Waals surface area contributed by atoms with Crippen molar-refractivity contribution < 1.29 is 22.4 Å². The van der Waals surface area contributed by atoms with E-state index in [1.165, 1.54) is 30.6 Å². The Labute approximate surface area is 205 Å². The number of likely N-dealkylation sites (tertiary alicyclic amines) is 1. The molecule has 1 aliphatic heterocycles. The van der Waals surface area contributed by atoms with Crippen molar-refractivity contribution in [1.82, 2.24) is 14.9 Å². The number of alkyl halides is 3. The van der Waals surface area contributed by atoms with Gasteiger partial charge in [0.15, 0.2) is 0 Å². The van der Waals surface area contributed by atoms with E-state index in [-0.39, 0.29) is 23.2 Å². The molecule has 2 heterocycles. The molecule has 190 valence electrons. The smallest absolute Gasteiger partial charge is 0.370 e. The molecule has 36 heavy (non-hydrogen) atoms. The molecule has 11 heteroatoms. The molecule has 1 aromatic heterocycles. The number of nitrogens with two attached hydrogens (primary N) is 1. The van der Waals surface area contributed by atoms with E-state index in [1.54, 1.807) is 7.05 Å². The first kappa shape index (κ1) is 25.4. The molecule has 1 aliphatic rings. The van der Waals surface area contributed by atoms with E-state index in [9.17, 15) is 22.4 Å². The van der Waals surface area contributed by atoms with Gasteiger partial charge in [-0.2, -0.15) is 13.2 Å². The topological polar surface area (TPSA) is 87.4 Å². The van der Waals surface area contributed by atoms with E-state index in [2.05, 4.69) is 20.2 Å². The van der Waals surface area contributed by atoms with Crippen molar-refractivity contribution in [3.8, 4) is 11.1 Å². The molecular weight excluding hydrogens is 476 g/mol. The van der Waals surface area contributed by atoms with Crippen LogP contribution < -0.4 is 16.0 Å². The van der Waals surface area contributed by atoms with Gasteiger partial charge in [0, 0.05) is 31.0 Å². The molecule has 1 amide bonds. The summed E-state index contributed by atoms with van der Waals surface area (Å²) in [7, 11) is 3.80. The first-order valence-corrected chi connectivity index (χ1v) is 11.3. The zero-order chi connectivity index (χ0) is 26.0. The fourth-order valence-electron chi connectivity index (χ4n) is 4.25. The predicted molar refractivity (Wildman–Crippen MR) is 130 cm³/mol. The normalized spacial score (nSPS) is 15.1. The van der Waals surface area contributed by atoms with Crippen molar-refractivity contribution >= 4 is 23.2 Å². The fraction of sp³-hybridized carbons (Fsp3) is 0.320. The number of halogens is 4. The summed E-state index contributed by atoms with van der Waals surface area (Å²) in [6, 6.07) is 7.15. The Bertz CT molecular complexity index is 1240. The van der Waals surface area contributed by atoms with Gasteiger partial charge >= 0.3 is 6.18 Å². The Balaban J connectivity index is 1.67. The maximum Gasteiger partial charge on any atom is 0.416 e. The Hall–Kier alpha value is -3.73. The number of nitrogens with one attached hydrogen (secondary N) is 1. The van der Waals surface area contributed by atoms with Crippen LogP contribution in [0.3, 0.4) is 0 Å². The van der Waals surface area contributed by atoms with Crippen molar-refractivity contribution in [2.45, 2.75) is 25.1 Å². The molecule has 0 spiro atoms. The van der Waals surface area contributed by atoms with E-state index in [0.29, 0.717) is 16.8 Å². The predicted octanol–water partition coefficient (Wildman–Crippen LogP) is 4.67. The molecule has 1 fully saturated rings. The molecule has 0 atom stereocenters. The number of amides is 1. The van der Waals surface area contributed by atoms with Crippen LogP contribution >= 0.6 is 0 Å². The second-order valence-corrected chi connectivity index (χ2v) is 8.85. The van der Waals surface area contributed by atoms with Crippen LogP contribution in [0, 0.1) is 5.82 Å². The number of hydrogen-bond acceptors (Lipinski definition) is 6. The van der Waals surface area contributed by atoms with Crippen LogP contribution in [-0.2, 0) is 6.18 Å². The van der Waals surface area contributed by atoms with Gasteiger partial charge in [0.05, 0.1) is 22.5 Å². The largest absolute Gasteiger partial charge is 0.416 e. The van der Waals surface area contributed by atoms with E-state index in [0.717, 1.165) is 44.1 Å². The van der Waals surface area contributed by atoms with Gasteiger partial charge < -0.3 is 20.9 Å². The van der Waals surface area contributed by atoms with Gasteiger partial charge in [0.2, 0.25) is 5.95 Å². The molecule has 3 aromatic rings. The van der Waals surface area contributed by atoms with E-state index >= 15 is 0 Å². The van der Waals surface area contributed by atoms with Gasteiger partial charge in [0.25, 0.3) is 5.91 Å². The number of anilines is 3. The zero-order valence-electron chi connectivity index (χ0n) is 19.8. The van der Waals surface area contributed by atoms with Gasteiger partial charge in [-0.15, -0.1) is 0 Å². The van der Waals surface area contributed by atoms with Crippen LogP contribution in [-0.4, -0.2) is 54.0 Å². The minimum atomic E-state index is -4.61. The van der Waals surface area contributed by atoms with E-state index in [4.69, 9.17) is 5.73 Å². The van der Waals surface area contributed by atoms with Crippen molar-refractivity contribution in [3.05, 3.63) is 65.7 Å². The lowest BCUT2D eigenvalue weighted by molar-refractivity contribution is -0.137. The number of piperidine rings is 1. The Kier molecular flexibility index (Phi) is 7.11. The van der Waals surface area contributed by atoms with Gasteiger partial charge in [-0.3, -0.25) is 4.79 Å². The summed E-state index contributed by atoms with van der Waals surface area (Å²) in [5, 5.41) is 2.51. The molecule has 4 rings (SSSR count). The molecule has 0 bridgehead atoms. The minimum Gasteiger partial charge on any atom is -0.370 e. The summed E-state index contributed by atoms with van der Waals surface area (Å²) in [5.74, 6) is -1.63. The zero-order valence-corrected chi connectivity index (χ0v) is 19.8. The van der Waals surface area contributed by atoms with Crippen molar-refractivity contribution in [3.63, 3.8) is 0 Å². The average Bonchev–Trinajstić information content (AvgIpc) is 2.84. The molecule has 7 nitrogen and oxygen atoms in total. The quantitative estimate of drug-likeness (QED) is 0.494. The highest BCUT2D eigenvalue weighted by Crippen LogP contribution is 2.37. The van der Waals surface area contributed by atoms with Gasteiger partial charge in [-0.05, 0) is 68.9 Å². The van der Waals surface area contributed by atoms with Crippen molar-refractivity contribution in [2.75, 3.05) is 43.1 Å². The lowest BCUT2D eigenvalue weighted by atomic mass is 10.0. The summed E-state index contributed by atoms with van der Waals surface area (Å²) >= 11 is 0. The highest BCUT2D eigenvalue weighted by Gasteiger charge is 2.32. The lowest BCUT2D eigenvalue weighted by Gasteiger charge is -2.37. The van der Waals surface area contributed by atoms with Gasteiger partial charge in [0.1, 0.15) is 5.82 Å². The number of hydrogen-bond donors (Lipinski definition) is 2. The van der Waals surface area contributed by atoms with Crippen molar-refractivity contribution in [1.29, 1.82) is 0 Å². The first-order chi connectivity index (χ1) is 17.0. The summed E-state index contributed by atoms with van der Waals surface area (Å²) in [6.45, 7) is 1.70. The van der Waals surface area contributed by atoms with Crippen LogP contribution in [0.2, 0.25) is 0 Å². The highest BCUT2D eigenvalue weighted by molar-refractivity contribution is 6.06. The third-order valence-electron chi connectivity index (χ3n) is 6.40. The molecule has 0 aliphatic carbocycles. The van der Waals surface area contributed by atoms with E-state index < -0.39 is 23.5 Å². The number of aromatic nitrogens is 2. The Morgan fingerprint density at radius 3 is 2.39 bits per heavy atom. The molecule has 1 saturated heterocycles. The number of carbonyl (C=O) groups is 1. The number of benzene rings is 2. The summed E-state index contributed by atoms with van der Waals surface area (Å²) in [4.78, 5) is 25.0. The van der Waals surface area contributed by atoms with Crippen LogP contribution in [0.15, 0.2) is 48.8 Å². The Morgan fingerprint density at radius 1 is 1.08 bits per heavy atom. The number of rotatable bonds is 5. The van der Waals surface area contributed by atoms with Crippen LogP contribution in [0.4, 0.5) is 34.9 Å². The standard InChI is InChI=1S/C25H26F4N6O/c1-34-9-7-18(8-10-34)35(2)22-6-4-17(25(27,28)29)12-21(22)33-23(36)19-11-15(3-5-20(19)26)16-13-31-24(30)32-14-16/h3-6,11-14,18H,7-10H2,1-2H3,(H,33,36)(H2,30,31,32). The van der Waals surface area contributed by atoms with Crippen LogP contribution in [0.5, 0.6) is 0 Å². The SMILES string of the molecule is CN1CCC(N(C)c2ccc(C(F)(F)F)cc2NC(=O)c2cc(-c3cnc(N)nc3)ccc2F)CC1. The summed E-state index contributed by atoms with van der Waals surface area (Å²) in [5.41, 5.74) is 5.60. The number of nitrogen functional groups attached to an aromatic ring is 1. The second kappa shape index (κ2) is 10.1. The summed E-state index contributed by atoms with van der Waals surface area (Å²) in [6.07, 6.45) is -0.106. The van der Waals surface area contributed by atoms with Crippen LogP contribution in [0.25, 0.3) is 11.1 Å². The molecule has 2 aromatic carbocycles. The maximum atomic E-state index is 14.7.